The summed E-state index contributed by atoms with van der Waals surface area (Å²) >= 11 is 3.40. The molecule has 0 aliphatic heterocycles. The predicted octanol–water partition coefficient (Wildman–Crippen LogP) is 3.77. The molecule has 0 aliphatic rings. The maximum atomic E-state index is 12.4. The Morgan fingerprint density at radius 3 is 2.86 bits per heavy atom. The van der Waals surface area contributed by atoms with Crippen molar-refractivity contribution in [2.24, 2.45) is 0 Å². The molecule has 0 spiro atoms. The number of ether oxygens (including phenoxy) is 1. The van der Waals surface area contributed by atoms with E-state index < -0.39 is 0 Å². The first-order chi connectivity index (χ1) is 10.0. The third-order valence-corrected chi connectivity index (χ3v) is 3.81. The molecule has 1 aromatic heterocycles. The number of aromatic nitrogens is 1. The average Bonchev–Trinajstić information content (AvgIpc) is 2.88. The largest absolute Gasteiger partial charge is 0.497 e. The first kappa shape index (κ1) is 15.6. The van der Waals surface area contributed by atoms with Crippen LogP contribution in [0.15, 0.2) is 41.0 Å². The van der Waals surface area contributed by atoms with Crippen molar-refractivity contribution in [2.75, 3.05) is 7.11 Å². The molecule has 1 aromatic carbocycles. The summed E-state index contributed by atoms with van der Waals surface area (Å²) in [5.41, 5.74) is 1.66. The highest BCUT2D eigenvalue weighted by Crippen LogP contribution is 2.20. The van der Waals surface area contributed by atoms with Gasteiger partial charge in [0.15, 0.2) is 0 Å². The highest BCUT2D eigenvalue weighted by atomic mass is 79.9. The van der Waals surface area contributed by atoms with E-state index in [1.165, 1.54) is 0 Å². The molecule has 1 atom stereocenters. The van der Waals surface area contributed by atoms with E-state index in [2.05, 4.69) is 21.2 Å². The van der Waals surface area contributed by atoms with E-state index in [0.717, 1.165) is 22.3 Å². The number of benzene rings is 1. The molecule has 5 heteroatoms. The van der Waals surface area contributed by atoms with Gasteiger partial charge >= 0.3 is 0 Å². The molecule has 0 radical (unpaired) electrons. The fourth-order valence-corrected chi connectivity index (χ4v) is 2.66. The Hall–Kier alpha value is -1.75. The summed E-state index contributed by atoms with van der Waals surface area (Å²) in [7, 11) is 1.63. The number of carbonyl (C=O) groups is 1. The van der Waals surface area contributed by atoms with Crippen LogP contribution in [0.3, 0.4) is 0 Å². The SMILES string of the molecule is CCn1cc(Br)cc1C(=O)NC(C)c1cccc(OC)c1. The zero-order valence-electron chi connectivity index (χ0n) is 12.4. The fourth-order valence-electron chi connectivity index (χ4n) is 2.19. The van der Waals surface area contributed by atoms with Crippen LogP contribution in [0, 0.1) is 0 Å². The minimum atomic E-state index is -0.0911. The Bertz CT molecular complexity index is 637. The predicted molar refractivity (Wildman–Crippen MR) is 86.7 cm³/mol. The van der Waals surface area contributed by atoms with Gasteiger partial charge < -0.3 is 14.6 Å². The van der Waals surface area contributed by atoms with Crippen LogP contribution in [0.4, 0.5) is 0 Å². The number of rotatable bonds is 5. The number of carbonyl (C=O) groups excluding carboxylic acids is 1. The Morgan fingerprint density at radius 1 is 1.43 bits per heavy atom. The van der Waals surface area contributed by atoms with Crippen molar-refractivity contribution in [3.63, 3.8) is 0 Å². The second kappa shape index (κ2) is 6.80. The van der Waals surface area contributed by atoms with Crippen molar-refractivity contribution >= 4 is 21.8 Å². The molecule has 1 N–H and O–H groups in total. The van der Waals surface area contributed by atoms with Gasteiger partial charge in [-0.05, 0) is 53.5 Å². The molecule has 2 aromatic rings. The molecule has 2 rings (SSSR count). The molecule has 112 valence electrons. The number of methoxy groups -OCH3 is 1. The van der Waals surface area contributed by atoms with Gasteiger partial charge in [-0.2, -0.15) is 0 Å². The lowest BCUT2D eigenvalue weighted by atomic mass is 10.1. The van der Waals surface area contributed by atoms with Crippen molar-refractivity contribution in [3.05, 3.63) is 52.3 Å². The van der Waals surface area contributed by atoms with E-state index in [1.54, 1.807) is 7.11 Å². The van der Waals surface area contributed by atoms with Gasteiger partial charge in [-0.25, -0.2) is 0 Å². The van der Waals surface area contributed by atoms with Crippen LogP contribution in [0.2, 0.25) is 0 Å². The quantitative estimate of drug-likeness (QED) is 0.891. The summed E-state index contributed by atoms with van der Waals surface area (Å²) in [4.78, 5) is 12.4. The zero-order valence-corrected chi connectivity index (χ0v) is 14.0. The van der Waals surface area contributed by atoms with Gasteiger partial charge in [-0.15, -0.1) is 0 Å². The van der Waals surface area contributed by atoms with Crippen molar-refractivity contribution in [1.82, 2.24) is 9.88 Å². The monoisotopic (exact) mass is 350 g/mol. The molecular formula is C16H19BrN2O2. The van der Waals surface area contributed by atoms with Crippen molar-refractivity contribution in [3.8, 4) is 5.75 Å². The first-order valence-corrected chi connectivity index (χ1v) is 7.65. The van der Waals surface area contributed by atoms with Gasteiger partial charge in [0.25, 0.3) is 5.91 Å². The number of hydrogen-bond donors (Lipinski definition) is 1. The van der Waals surface area contributed by atoms with Gasteiger partial charge in [0.2, 0.25) is 0 Å². The molecule has 1 heterocycles. The Kier molecular flexibility index (Phi) is 5.07. The molecule has 0 bridgehead atoms. The second-order valence-corrected chi connectivity index (χ2v) is 5.72. The summed E-state index contributed by atoms with van der Waals surface area (Å²) in [6, 6.07) is 9.45. The van der Waals surface area contributed by atoms with Crippen LogP contribution in [0.1, 0.15) is 35.9 Å². The van der Waals surface area contributed by atoms with Crippen LogP contribution in [-0.2, 0) is 6.54 Å². The van der Waals surface area contributed by atoms with E-state index in [9.17, 15) is 4.79 Å². The van der Waals surface area contributed by atoms with Gasteiger partial charge in [-0.1, -0.05) is 12.1 Å². The summed E-state index contributed by atoms with van der Waals surface area (Å²) in [5.74, 6) is 0.700. The lowest BCUT2D eigenvalue weighted by Gasteiger charge is -2.16. The van der Waals surface area contributed by atoms with E-state index in [-0.39, 0.29) is 11.9 Å². The molecule has 0 aliphatic carbocycles. The minimum Gasteiger partial charge on any atom is -0.497 e. The summed E-state index contributed by atoms with van der Waals surface area (Å²) in [5, 5.41) is 3.02. The number of amides is 1. The standard InChI is InChI=1S/C16H19BrN2O2/c1-4-19-10-13(17)9-15(19)16(20)18-11(2)12-6-5-7-14(8-12)21-3/h5-11H,4H2,1-3H3,(H,18,20). The summed E-state index contributed by atoms with van der Waals surface area (Å²) in [6.45, 7) is 4.72. The van der Waals surface area contributed by atoms with Crippen molar-refractivity contribution in [2.45, 2.75) is 26.4 Å². The summed E-state index contributed by atoms with van der Waals surface area (Å²) in [6.07, 6.45) is 1.91. The second-order valence-electron chi connectivity index (χ2n) is 4.80. The molecular weight excluding hydrogens is 332 g/mol. The van der Waals surface area contributed by atoms with Gasteiger partial charge in [0, 0.05) is 17.2 Å². The maximum absolute atomic E-state index is 12.4. The van der Waals surface area contributed by atoms with E-state index in [0.29, 0.717) is 5.69 Å². The lowest BCUT2D eigenvalue weighted by molar-refractivity contribution is 0.0930. The van der Waals surface area contributed by atoms with Crippen LogP contribution in [-0.4, -0.2) is 17.6 Å². The number of nitrogens with one attached hydrogen (secondary N) is 1. The van der Waals surface area contributed by atoms with Gasteiger partial charge in [0.05, 0.1) is 13.2 Å². The highest BCUT2D eigenvalue weighted by molar-refractivity contribution is 9.10. The summed E-state index contributed by atoms with van der Waals surface area (Å²) < 4.78 is 8.03. The topological polar surface area (TPSA) is 43.3 Å². The average molecular weight is 351 g/mol. The zero-order chi connectivity index (χ0) is 15.4. The molecule has 21 heavy (non-hydrogen) atoms. The number of halogens is 1. The van der Waals surface area contributed by atoms with Crippen LogP contribution < -0.4 is 10.1 Å². The molecule has 1 unspecified atom stereocenters. The minimum absolute atomic E-state index is 0.0853. The van der Waals surface area contributed by atoms with Crippen LogP contribution in [0.25, 0.3) is 0 Å². The van der Waals surface area contributed by atoms with Crippen LogP contribution >= 0.6 is 15.9 Å². The molecule has 0 fully saturated rings. The van der Waals surface area contributed by atoms with Crippen molar-refractivity contribution < 1.29 is 9.53 Å². The maximum Gasteiger partial charge on any atom is 0.268 e. The molecule has 0 saturated heterocycles. The normalized spacial score (nSPS) is 12.0. The van der Waals surface area contributed by atoms with E-state index in [4.69, 9.17) is 4.74 Å². The Morgan fingerprint density at radius 2 is 2.19 bits per heavy atom. The van der Waals surface area contributed by atoms with Crippen molar-refractivity contribution in [1.29, 1.82) is 0 Å². The number of hydrogen-bond acceptors (Lipinski definition) is 2. The molecule has 1 amide bonds. The fraction of sp³-hybridized carbons (Fsp3) is 0.312. The molecule has 4 nitrogen and oxygen atoms in total. The lowest BCUT2D eigenvalue weighted by Crippen LogP contribution is -2.28. The van der Waals surface area contributed by atoms with Crippen LogP contribution in [0.5, 0.6) is 5.75 Å². The highest BCUT2D eigenvalue weighted by Gasteiger charge is 2.15. The van der Waals surface area contributed by atoms with Gasteiger partial charge in [-0.3, -0.25) is 4.79 Å². The number of aryl methyl sites for hydroxylation is 1. The van der Waals surface area contributed by atoms with E-state index >= 15 is 0 Å². The van der Waals surface area contributed by atoms with E-state index in [1.807, 2.05) is 54.9 Å². The van der Waals surface area contributed by atoms with Gasteiger partial charge in [0.1, 0.15) is 11.4 Å². The third kappa shape index (κ3) is 3.67. The first-order valence-electron chi connectivity index (χ1n) is 6.85. The Labute approximate surface area is 133 Å². The Balaban J connectivity index is 2.14. The number of nitrogens with zero attached hydrogens (tertiary/aromatic N) is 1. The smallest absolute Gasteiger partial charge is 0.268 e. The third-order valence-electron chi connectivity index (χ3n) is 3.38. The molecule has 0 saturated carbocycles.